The zero-order chi connectivity index (χ0) is 18.2. The highest BCUT2D eigenvalue weighted by atomic mass is 16.2. The van der Waals surface area contributed by atoms with Crippen LogP contribution in [0.15, 0.2) is 73.2 Å². The van der Waals surface area contributed by atoms with Crippen molar-refractivity contribution in [1.82, 2.24) is 15.3 Å². The van der Waals surface area contributed by atoms with Crippen LogP contribution in [0.2, 0.25) is 0 Å². The maximum absolute atomic E-state index is 12.2. The van der Waals surface area contributed by atoms with Gasteiger partial charge in [-0.25, -0.2) is 9.78 Å². The zero-order valence-corrected chi connectivity index (χ0v) is 13.8. The standard InChI is InChI=1S/C19H17N5O2/c25-18(24-17-3-1-2-10-21-17)15-4-6-16(7-5-15)23-19(26)22-13-14-8-11-20-12-9-14/h1-12H,13H2,(H,21,24,25)(H2,22,23,26). The van der Waals surface area contributed by atoms with Gasteiger partial charge in [-0.05, 0) is 54.1 Å². The number of hydrogen-bond donors (Lipinski definition) is 3. The molecule has 0 atom stereocenters. The fourth-order valence-corrected chi connectivity index (χ4v) is 2.19. The van der Waals surface area contributed by atoms with Crippen molar-refractivity contribution < 1.29 is 9.59 Å². The second-order valence-electron chi connectivity index (χ2n) is 5.41. The van der Waals surface area contributed by atoms with Gasteiger partial charge < -0.3 is 16.0 Å². The van der Waals surface area contributed by atoms with Gasteiger partial charge in [0.15, 0.2) is 0 Å². The number of carbonyl (C=O) groups excluding carboxylic acids is 2. The number of rotatable bonds is 5. The van der Waals surface area contributed by atoms with E-state index in [1.54, 1.807) is 61.1 Å². The quantitative estimate of drug-likeness (QED) is 0.661. The van der Waals surface area contributed by atoms with E-state index >= 15 is 0 Å². The van der Waals surface area contributed by atoms with Crippen LogP contribution in [0.4, 0.5) is 16.3 Å². The summed E-state index contributed by atoms with van der Waals surface area (Å²) in [7, 11) is 0. The largest absolute Gasteiger partial charge is 0.334 e. The van der Waals surface area contributed by atoms with Gasteiger partial charge in [-0.1, -0.05) is 6.07 Å². The van der Waals surface area contributed by atoms with Gasteiger partial charge in [0, 0.05) is 36.4 Å². The van der Waals surface area contributed by atoms with Crippen molar-refractivity contribution in [2.75, 3.05) is 10.6 Å². The molecule has 7 heteroatoms. The lowest BCUT2D eigenvalue weighted by molar-refractivity contribution is 0.102. The number of aromatic nitrogens is 2. The first kappa shape index (κ1) is 17.1. The second kappa shape index (κ2) is 8.39. The van der Waals surface area contributed by atoms with Crippen LogP contribution in [0, 0.1) is 0 Å². The van der Waals surface area contributed by atoms with Crippen molar-refractivity contribution in [3.8, 4) is 0 Å². The molecule has 130 valence electrons. The SMILES string of the molecule is O=C(NCc1ccncc1)Nc1ccc(C(=O)Nc2ccccn2)cc1. The molecule has 3 aromatic rings. The third-order valence-electron chi connectivity index (χ3n) is 3.51. The van der Waals surface area contributed by atoms with E-state index in [4.69, 9.17) is 0 Å². The third kappa shape index (κ3) is 4.88. The van der Waals surface area contributed by atoms with Gasteiger partial charge in [-0.15, -0.1) is 0 Å². The first-order valence-corrected chi connectivity index (χ1v) is 7.97. The van der Waals surface area contributed by atoms with Gasteiger partial charge in [-0.2, -0.15) is 0 Å². The Bertz CT molecular complexity index is 867. The molecule has 0 aliphatic heterocycles. The van der Waals surface area contributed by atoms with Crippen LogP contribution in [0.1, 0.15) is 15.9 Å². The molecule has 0 saturated heterocycles. The summed E-state index contributed by atoms with van der Waals surface area (Å²) in [6.45, 7) is 0.402. The Hall–Kier alpha value is -3.74. The molecule has 3 amide bonds. The molecule has 0 bridgehead atoms. The Labute approximate surface area is 150 Å². The smallest absolute Gasteiger partial charge is 0.319 e. The summed E-state index contributed by atoms with van der Waals surface area (Å²) in [4.78, 5) is 32.0. The van der Waals surface area contributed by atoms with E-state index in [2.05, 4.69) is 25.9 Å². The van der Waals surface area contributed by atoms with E-state index in [-0.39, 0.29) is 11.9 Å². The summed E-state index contributed by atoms with van der Waals surface area (Å²) < 4.78 is 0. The maximum atomic E-state index is 12.2. The van der Waals surface area contributed by atoms with E-state index in [1.807, 2.05) is 12.1 Å². The highest BCUT2D eigenvalue weighted by Crippen LogP contribution is 2.11. The van der Waals surface area contributed by atoms with Crippen LogP contribution in [-0.4, -0.2) is 21.9 Å². The molecule has 7 nitrogen and oxygen atoms in total. The molecule has 2 aromatic heterocycles. The number of urea groups is 1. The molecular weight excluding hydrogens is 330 g/mol. The van der Waals surface area contributed by atoms with E-state index in [9.17, 15) is 9.59 Å². The van der Waals surface area contributed by atoms with Crippen LogP contribution in [0.5, 0.6) is 0 Å². The summed E-state index contributed by atoms with van der Waals surface area (Å²) in [6, 6.07) is 15.2. The van der Waals surface area contributed by atoms with Crippen LogP contribution in [0.3, 0.4) is 0 Å². The third-order valence-corrected chi connectivity index (χ3v) is 3.51. The highest BCUT2D eigenvalue weighted by Gasteiger charge is 2.07. The Kier molecular flexibility index (Phi) is 5.51. The van der Waals surface area contributed by atoms with Crippen LogP contribution in [0.25, 0.3) is 0 Å². The molecule has 3 rings (SSSR count). The molecule has 0 spiro atoms. The average molecular weight is 347 g/mol. The fraction of sp³-hybridized carbons (Fsp3) is 0.0526. The van der Waals surface area contributed by atoms with Crippen molar-refractivity contribution >= 4 is 23.4 Å². The Morgan fingerprint density at radius 3 is 2.31 bits per heavy atom. The summed E-state index contributed by atoms with van der Waals surface area (Å²) in [5.74, 6) is 0.215. The van der Waals surface area contributed by atoms with Gasteiger partial charge in [0.2, 0.25) is 0 Å². The second-order valence-corrected chi connectivity index (χ2v) is 5.41. The molecule has 0 saturated carbocycles. The number of nitrogens with zero attached hydrogens (tertiary/aromatic N) is 2. The molecule has 3 N–H and O–H groups in total. The normalized spacial score (nSPS) is 10.0. The summed E-state index contributed by atoms with van der Waals surface area (Å²) >= 11 is 0. The summed E-state index contributed by atoms with van der Waals surface area (Å²) in [5.41, 5.74) is 2.02. The van der Waals surface area contributed by atoms with Crippen molar-refractivity contribution in [2.24, 2.45) is 0 Å². The predicted molar refractivity (Wildman–Crippen MR) is 98.7 cm³/mol. The van der Waals surface area contributed by atoms with Crippen LogP contribution < -0.4 is 16.0 Å². The summed E-state index contributed by atoms with van der Waals surface area (Å²) in [5, 5.41) is 8.17. The molecular formula is C19H17N5O2. The number of amides is 3. The van der Waals surface area contributed by atoms with E-state index in [1.165, 1.54) is 0 Å². The van der Waals surface area contributed by atoms with Gasteiger partial charge in [-0.3, -0.25) is 9.78 Å². The lowest BCUT2D eigenvalue weighted by Gasteiger charge is -2.09. The Morgan fingerprint density at radius 2 is 1.62 bits per heavy atom. The van der Waals surface area contributed by atoms with E-state index in [0.29, 0.717) is 23.6 Å². The Balaban J connectivity index is 1.52. The van der Waals surface area contributed by atoms with Crippen LogP contribution >= 0.6 is 0 Å². The first-order chi connectivity index (χ1) is 12.7. The van der Waals surface area contributed by atoms with E-state index in [0.717, 1.165) is 5.56 Å². The molecule has 2 heterocycles. The first-order valence-electron chi connectivity index (χ1n) is 7.97. The van der Waals surface area contributed by atoms with Gasteiger partial charge in [0.05, 0.1) is 0 Å². The van der Waals surface area contributed by atoms with Crippen molar-refractivity contribution in [3.05, 3.63) is 84.3 Å². The molecule has 0 aliphatic carbocycles. The van der Waals surface area contributed by atoms with Crippen LogP contribution in [-0.2, 0) is 6.54 Å². The molecule has 26 heavy (non-hydrogen) atoms. The van der Waals surface area contributed by atoms with Crippen molar-refractivity contribution in [3.63, 3.8) is 0 Å². The molecule has 0 aliphatic rings. The number of benzene rings is 1. The number of carbonyl (C=O) groups is 2. The Morgan fingerprint density at radius 1 is 0.846 bits per heavy atom. The lowest BCUT2D eigenvalue weighted by atomic mass is 10.2. The van der Waals surface area contributed by atoms with Gasteiger partial charge >= 0.3 is 6.03 Å². The minimum atomic E-state index is -0.326. The molecule has 0 radical (unpaired) electrons. The van der Waals surface area contributed by atoms with E-state index < -0.39 is 0 Å². The molecule has 0 fully saturated rings. The fourth-order valence-electron chi connectivity index (χ4n) is 2.19. The number of anilines is 2. The van der Waals surface area contributed by atoms with Crippen molar-refractivity contribution in [1.29, 1.82) is 0 Å². The molecule has 1 aromatic carbocycles. The van der Waals surface area contributed by atoms with Gasteiger partial charge in [0.1, 0.15) is 5.82 Å². The predicted octanol–water partition coefficient (Wildman–Crippen LogP) is 3.05. The van der Waals surface area contributed by atoms with Gasteiger partial charge in [0.25, 0.3) is 5.91 Å². The summed E-state index contributed by atoms with van der Waals surface area (Å²) in [6.07, 6.45) is 4.94. The minimum Gasteiger partial charge on any atom is -0.334 e. The topological polar surface area (TPSA) is 96.0 Å². The zero-order valence-electron chi connectivity index (χ0n) is 13.8. The monoisotopic (exact) mass is 347 g/mol. The number of nitrogens with one attached hydrogen (secondary N) is 3. The maximum Gasteiger partial charge on any atom is 0.319 e. The molecule has 0 unspecified atom stereocenters. The number of hydrogen-bond acceptors (Lipinski definition) is 4. The van der Waals surface area contributed by atoms with Crippen molar-refractivity contribution in [2.45, 2.75) is 6.54 Å². The number of pyridine rings is 2. The highest BCUT2D eigenvalue weighted by molar-refractivity contribution is 6.04. The average Bonchev–Trinajstić information content (AvgIpc) is 2.68. The minimum absolute atomic E-state index is 0.266. The lowest BCUT2D eigenvalue weighted by Crippen LogP contribution is -2.28.